The Bertz CT molecular complexity index is 1150. The molecule has 0 N–H and O–H groups in total. The van der Waals surface area contributed by atoms with Crippen molar-refractivity contribution in [2.75, 3.05) is 6.61 Å². The smallest absolute Gasteiger partial charge is 0.460 e. The molecule has 3 aromatic rings. The topological polar surface area (TPSA) is 44.2 Å². The summed E-state index contributed by atoms with van der Waals surface area (Å²) in [7, 11) is 0. The lowest BCUT2D eigenvalue weighted by atomic mass is 9.99. The Morgan fingerprint density at radius 2 is 1.24 bits per heavy atom. The predicted molar refractivity (Wildman–Crippen MR) is 118 cm³/mol. The van der Waals surface area contributed by atoms with Gasteiger partial charge in [-0.05, 0) is 42.7 Å². The number of rotatable bonds is 12. The summed E-state index contributed by atoms with van der Waals surface area (Å²) >= 11 is 0. The Labute approximate surface area is 211 Å². The van der Waals surface area contributed by atoms with Crippen molar-refractivity contribution < 1.29 is 49.0 Å². The predicted octanol–water partition coefficient (Wildman–Crippen LogP) is 7.74. The van der Waals surface area contributed by atoms with Gasteiger partial charge < -0.3 is 9.47 Å². The number of aromatic nitrogens is 2. The van der Waals surface area contributed by atoms with E-state index >= 15 is 0 Å². The van der Waals surface area contributed by atoms with Crippen LogP contribution in [-0.4, -0.2) is 40.5 Å². The van der Waals surface area contributed by atoms with Crippen LogP contribution < -0.4 is 9.47 Å². The first-order chi connectivity index (χ1) is 17.7. The number of ether oxygens (including phenoxy) is 2. The number of nitrogens with zero attached hydrogens (tertiary/aromatic N) is 2. The Hall–Kier alpha value is -3.51. The van der Waals surface area contributed by atoms with Gasteiger partial charge in [0.15, 0.2) is 11.6 Å². The number of unbranched alkanes of at least 4 members (excludes halogenated alkanes) is 1. The molecule has 1 aromatic heterocycles. The fraction of sp³-hybridized carbons (Fsp3) is 0.360. The highest BCUT2D eigenvalue weighted by Crippen LogP contribution is 2.54. The van der Waals surface area contributed by atoms with E-state index in [1.165, 1.54) is 12.4 Å². The Morgan fingerprint density at radius 1 is 0.632 bits per heavy atom. The minimum absolute atomic E-state index is 0.109. The molecule has 0 amide bonds. The van der Waals surface area contributed by atoms with Crippen LogP contribution in [0.15, 0.2) is 67.0 Å². The molecule has 206 valence electrons. The van der Waals surface area contributed by atoms with Crippen molar-refractivity contribution in [2.24, 2.45) is 0 Å². The molecule has 0 atom stereocenters. The number of benzene rings is 2. The van der Waals surface area contributed by atoms with Crippen LogP contribution in [0.1, 0.15) is 24.8 Å². The molecule has 0 aliphatic rings. The van der Waals surface area contributed by atoms with Gasteiger partial charge in [-0.15, -0.1) is 0 Å². The molecule has 0 saturated heterocycles. The Balaban J connectivity index is 1.45. The molecule has 0 aliphatic carbocycles. The highest BCUT2D eigenvalue weighted by atomic mass is 19.4. The number of hydrogen-bond donors (Lipinski definition) is 0. The molecule has 0 fully saturated rings. The first kappa shape index (κ1) is 29.1. The summed E-state index contributed by atoms with van der Waals surface area (Å²) in [6, 6.07) is 16.5. The summed E-state index contributed by atoms with van der Waals surface area (Å²) in [5, 5.41) is 0. The summed E-state index contributed by atoms with van der Waals surface area (Å²) in [6.07, 6.45) is -7.30. The largest absolute Gasteiger partial charge is 0.490 e. The van der Waals surface area contributed by atoms with Crippen LogP contribution in [0.5, 0.6) is 11.5 Å². The molecule has 0 radical (unpaired) electrons. The van der Waals surface area contributed by atoms with Crippen LogP contribution in [0.3, 0.4) is 0 Å². The third kappa shape index (κ3) is 6.67. The van der Waals surface area contributed by atoms with Crippen molar-refractivity contribution in [3.63, 3.8) is 0 Å². The first-order valence-corrected chi connectivity index (χ1v) is 11.2. The van der Waals surface area contributed by atoms with Gasteiger partial charge in [0.2, 0.25) is 0 Å². The van der Waals surface area contributed by atoms with Gasteiger partial charge in [-0.2, -0.15) is 39.5 Å². The van der Waals surface area contributed by atoms with Gasteiger partial charge in [-0.25, -0.2) is 9.97 Å². The van der Waals surface area contributed by atoms with Crippen LogP contribution >= 0.6 is 0 Å². The van der Waals surface area contributed by atoms with E-state index in [9.17, 15) is 39.5 Å². The number of hydrogen-bond acceptors (Lipinski definition) is 4. The first-order valence-electron chi connectivity index (χ1n) is 11.2. The lowest BCUT2D eigenvalue weighted by Gasteiger charge is -2.33. The van der Waals surface area contributed by atoms with E-state index in [1.54, 1.807) is 24.3 Å². The van der Waals surface area contributed by atoms with E-state index in [-0.39, 0.29) is 18.8 Å². The molecular weight excluding hydrogens is 531 g/mol. The molecule has 2 aromatic carbocycles. The summed E-state index contributed by atoms with van der Waals surface area (Å²) in [4.78, 5) is 8.21. The third-order valence-electron chi connectivity index (χ3n) is 5.35. The zero-order valence-electron chi connectivity index (χ0n) is 19.5. The average Bonchev–Trinajstić information content (AvgIpc) is 2.87. The fourth-order valence-corrected chi connectivity index (χ4v) is 3.18. The molecule has 13 heteroatoms. The molecule has 0 spiro atoms. The zero-order valence-corrected chi connectivity index (χ0v) is 19.5. The maximum Gasteiger partial charge on any atom is 0.460 e. The molecule has 0 unspecified atom stereocenters. The average molecular weight is 552 g/mol. The van der Waals surface area contributed by atoms with Gasteiger partial charge in [0.05, 0.1) is 19.0 Å². The molecular formula is C25H21F9N2O2. The van der Waals surface area contributed by atoms with Gasteiger partial charge in [-0.1, -0.05) is 30.3 Å². The fourth-order valence-electron chi connectivity index (χ4n) is 3.18. The van der Waals surface area contributed by atoms with Crippen molar-refractivity contribution in [1.82, 2.24) is 9.97 Å². The molecule has 0 aliphatic heterocycles. The molecule has 0 bridgehead atoms. The summed E-state index contributed by atoms with van der Waals surface area (Å²) in [6.45, 7) is 0.0797. The second-order valence-electron chi connectivity index (χ2n) is 8.20. The van der Waals surface area contributed by atoms with E-state index in [0.717, 1.165) is 5.56 Å². The summed E-state index contributed by atoms with van der Waals surface area (Å²) in [5.74, 6) is -18.0. The monoisotopic (exact) mass is 552 g/mol. The molecule has 4 nitrogen and oxygen atoms in total. The summed E-state index contributed by atoms with van der Waals surface area (Å²) in [5.41, 5.74) is 1.66. The van der Waals surface area contributed by atoms with E-state index in [0.29, 0.717) is 23.7 Å². The Kier molecular flexibility index (Phi) is 8.78. The van der Waals surface area contributed by atoms with Gasteiger partial charge in [0.1, 0.15) is 12.4 Å². The quantitative estimate of drug-likeness (QED) is 0.170. The SMILES string of the molecule is FC(F)(F)C(F)(F)C(F)(F)C(F)(F)CCCCOc1cnc(-c2ccc(OCc3ccccc3)cc2)nc1. The maximum atomic E-state index is 13.5. The van der Waals surface area contributed by atoms with E-state index < -0.39 is 36.8 Å². The van der Waals surface area contributed by atoms with Crippen LogP contribution in [-0.2, 0) is 6.61 Å². The van der Waals surface area contributed by atoms with Crippen molar-refractivity contribution in [3.8, 4) is 22.9 Å². The highest BCUT2D eigenvalue weighted by Gasteiger charge is 2.81. The zero-order chi connectivity index (χ0) is 28.0. The third-order valence-corrected chi connectivity index (χ3v) is 5.35. The number of halogens is 9. The van der Waals surface area contributed by atoms with Gasteiger partial charge >= 0.3 is 23.9 Å². The molecule has 38 heavy (non-hydrogen) atoms. The minimum atomic E-state index is -6.88. The van der Waals surface area contributed by atoms with Crippen molar-refractivity contribution in [1.29, 1.82) is 0 Å². The van der Waals surface area contributed by atoms with Crippen LogP contribution in [0, 0.1) is 0 Å². The second kappa shape index (κ2) is 11.5. The lowest BCUT2D eigenvalue weighted by Crippen LogP contribution is -2.60. The summed E-state index contributed by atoms with van der Waals surface area (Å²) < 4.78 is 127. The van der Waals surface area contributed by atoms with E-state index in [2.05, 4.69) is 9.97 Å². The second-order valence-corrected chi connectivity index (χ2v) is 8.20. The lowest BCUT2D eigenvalue weighted by molar-refractivity contribution is -0.396. The molecule has 3 rings (SSSR count). The van der Waals surface area contributed by atoms with Gasteiger partial charge in [0, 0.05) is 12.0 Å². The van der Waals surface area contributed by atoms with E-state index in [4.69, 9.17) is 9.47 Å². The minimum Gasteiger partial charge on any atom is -0.490 e. The molecule has 0 saturated carbocycles. The normalized spacial score (nSPS) is 12.9. The van der Waals surface area contributed by atoms with Crippen LogP contribution in [0.2, 0.25) is 0 Å². The highest BCUT2D eigenvalue weighted by molar-refractivity contribution is 5.56. The standard InChI is InChI=1S/C25H21F9N2O2/c26-22(27,23(28,29)24(30,31)25(32,33)34)12-4-5-13-37-20-14-35-21(36-15-20)18-8-10-19(11-9-18)38-16-17-6-2-1-3-7-17/h1-3,6-11,14-15H,4-5,12-13,16H2. The van der Waals surface area contributed by atoms with Crippen molar-refractivity contribution in [2.45, 2.75) is 49.8 Å². The van der Waals surface area contributed by atoms with Gasteiger partial charge in [-0.3, -0.25) is 0 Å². The number of alkyl halides is 9. The van der Waals surface area contributed by atoms with Crippen molar-refractivity contribution >= 4 is 0 Å². The van der Waals surface area contributed by atoms with Gasteiger partial charge in [0.25, 0.3) is 0 Å². The maximum absolute atomic E-state index is 13.5. The van der Waals surface area contributed by atoms with E-state index in [1.807, 2.05) is 30.3 Å². The van der Waals surface area contributed by atoms with Crippen molar-refractivity contribution in [3.05, 3.63) is 72.6 Å². The van der Waals surface area contributed by atoms with Crippen LogP contribution in [0.4, 0.5) is 39.5 Å². The molecule has 1 heterocycles. The van der Waals surface area contributed by atoms with Crippen LogP contribution in [0.25, 0.3) is 11.4 Å². The Morgan fingerprint density at radius 3 is 1.82 bits per heavy atom.